The molecule has 1 unspecified atom stereocenters. The van der Waals surface area contributed by atoms with E-state index in [0.717, 1.165) is 18.6 Å². The number of unbranched alkanes of at least 4 members (excludes halogenated alkanes) is 1. The highest BCUT2D eigenvalue weighted by atomic mass is 32.2. The van der Waals surface area contributed by atoms with Crippen molar-refractivity contribution in [2.75, 3.05) is 12.8 Å². The van der Waals surface area contributed by atoms with Crippen LogP contribution in [0.25, 0.3) is 0 Å². The molecule has 0 fully saturated rings. The topological polar surface area (TPSA) is 35.1 Å². The van der Waals surface area contributed by atoms with E-state index in [2.05, 4.69) is 11.6 Å². The van der Waals surface area contributed by atoms with Crippen molar-refractivity contribution in [3.63, 3.8) is 0 Å². The second-order valence-corrected chi connectivity index (χ2v) is 3.11. The third-order valence-corrected chi connectivity index (χ3v) is 2.03. The van der Waals surface area contributed by atoms with Crippen molar-refractivity contribution in [2.24, 2.45) is 0 Å². The molecule has 0 aliphatic heterocycles. The first-order valence-electron chi connectivity index (χ1n) is 2.87. The summed E-state index contributed by atoms with van der Waals surface area (Å²) in [4.78, 5) is 0. The molecule has 0 amide bonds. The zero-order valence-electron chi connectivity index (χ0n) is 5.44. The number of nitrogens with one attached hydrogen (secondary N) is 1. The minimum Gasteiger partial charge on any atom is -0.598 e. The Morgan fingerprint density at radius 2 is 2.25 bits per heavy atom. The minimum absolute atomic E-state index is 0.777. The van der Waals surface area contributed by atoms with Crippen LogP contribution in [0.4, 0.5) is 0 Å². The lowest BCUT2D eigenvalue weighted by molar-refractivity contribution is 0.584. The fourth-order valence-electron chi connectivity index (χ4n) is 0.377. The van der Waals surface area contributed by atoms with Crippen LogP contribution in [0.15, 0.2) is 0 Å². The number of rotatable bonds is 4. The van der Waals surface area contributed by atoms with Crippen molar-refractivity contribution in [3.8, 4) is 0 Å². The summed E-state index contributed by atoms with van der Waals surface area (Å²) >= 11 is -0.777. The quantitative estimate of drug-likeness (QED) is 0.575. The SMILES string of the molecule is CCCC[S+]([O-])NC. The van der Waals surface area contributed by atoms with Gasteiger partial charge in [-0.1, -0.05) is 13.3 Å². The maximum Gasteiger partial charge on any atom is 0.125 e. The van der Waals surface area contributed by atoms with Gasteiger partial charge in [0.2, 0.25) is 0 Å². The molecule has 0 aromatic carbocycles. The van der Waals surface area contributed by atoms with Crippen LogP contribution < -0.4 is 4.72 Å². The first-order valence-corrected chi connectivity index (χ1v) is 4.19. The Morgan fingerprint density at radius 3 is 2.62 bits per heavy atom. The number of hydrogen-bond donors (Lipinski definition) is 1. The van der Waals surface area contributed by atoms with E-state index in [9.17, 15) is 4.55 Å². The lowest BCUT2D eigenvalue weighted by Crippen LogP contribution is -2.21. The molecule has 0 bridgehead atoms. The molecule has 1 N–H and O–H groups in total. The summed E-state index contributed by atoms with van der Waals surface area (Å²) < 4.78 is 13.2. The van der Waals surface area contributed by atoms with Crippen LogP contribution in [0.1, 0.15) is 19.8 Å². The van der Waals surface area contributed by atoms with Gasteiger partial charge in [-0.15, -0.1) is 4.72 Å². The van der Waals surface area contributed by atoms with Gasteiger partial charge in [0.25, 0.3) is 0 Å². The smallest absolute Gasteiger partial charge is 0.125 e. The van der Waals surface area contributed by atoms with E-state index in [1.165, 1.54) is 0 Å². The van der Waals surface area contributed by atoms with Gasteiger partial charge in [-0.3, -0.25) is 0 Å². The summed E-state index contributed by atoms with van der Waals surface area (Å²) in [6.45, 7) is 2.09. The Kier molecular flexibility index (Phi) is 5.59. The van der Waals surface area contributed by atoms with Crippen LogP contribution in [0.3, 0.4) is 0 Å². The van der Waals surface area contributed by atoms with Crippen molar-refractivity contribution in [2.45, 2.75) is 19.8 Å². The van der Waals surface area contributed by atoms with E-state index in [1.54, 1.807) is 7.05 Å². The maximum absolute atomic E-state index is 10.6. The first kappa shape index (κ1) is 8.27. The van der Waals surface area contributed by atoms with E-state index < -0.39 is 11.4 Å². The van der Waals surface area contributed by atoms with E-state index in [1.807, 2.05) is 0 Å². The zero-order valence-corrected chi connectivity index (χ0v) is 6.25. The predicted octanol–water partition coefficient (Wildman–Crippen LogP) is 0.670. The molecular weight excluding hydrogens is 122 g/mol. The maximum atomic E-state index is 10.6. The lowest BCUT2D eigenvalue weighted by Gasteiger charge is -2.05. The molecule has 1 atom stereocenters. The first-order chi connectivity index (χ1) is 3.81. The molecule has 0 heterocycles. The predicted molar refractivity (Wildman–Crippen MR) is 37.0 cm³/mol. The average Bonchev–Trinajstić information content (AvgIpc) is 1.83. The van der Waals surface area contributed by atoms with Gasteiger partial charge < -0.3 is 4.55 Å². The molecule has 0 radical (unpaired) electrons. The Hall–Kier alpha value is 0.270. The Bertz CT molecular complexity index is 51.7. The van der Waals surface area contributed by atoms with Gasteiger partial charge in [-0.2, -0.15) is 0 Å². The average molecular weight is 135 g/mol. The van der Waals surface area contributed by atoms with Gasteiger partial charge in [0.05, 0.1) is 0 Å². The number of hydrogen-bond acceptors (Lipinski definition) is 2. The highest BCUT2D eigenvalue weighted by Crippen LogP contribution is 1.91. The summed E-state index contributed by atoms with van der Waals surface area (Å²) in [5.74, 6) is 0.785. The molecule has 0 aliphatic rings. The van der Waals surface area contributed by atoms with Crippen LogP contribution in [-0.4, -0.2) is 17.4 Å². The Morgan fingerprint density at radius 1 is 1.62 bits per heavy atom. The van der Waals surface area contributed by atoms with Crippen molar-refractivity contribution in [1.82, 2.24) is 4.72 Å². The van der Waals surface area contributed by atoms with Crippen LogP contribution in [0.5, 0.6) is 0 Å². The standard InChI is InChI=1S/C5H13NOS/c1-3-4-5-8(7)6-2/h6H,3-5H2,1-2H3. The highest BCUT2D eigenvalue weighted by molar-refractivity contribution is 7.89. The van der Waals surface area contributed by atoms with Crippen molar-refractivity contribution in [3.05, 3.63) is 0 Å². The zero-order chi connectivity index (χ0) is 6.41. The van der Waals surface area contributed by atoms with Gasteiger partial charge in [0.15, 0.2) is 0 Å². The molecule has 0 rings (SSSR count). The van der Waals surface area contributed by atoms with Crippen molar-refractivity contribution >= 4 is 11.4 Å². The third-order valence-electron chi connectivity index (χ3n) is 0.911. The van der Waals surface area contributed by atoms with E-state index in [-0.39, 0.29) is 0 Å². The summed E-state index contributed by atoms with van der Waals surface area (Å²) in [6.07, 6.45) is 2.17. The molecule has 2 nitrogen and oxygen atoms in total. The van der Waals surface area contributed by atoms with Crippen LogP contribution in [0, 0.1) is 0 Å². The van der Waals surface area contributed by atoms with Crippen LogP contribution >= 0.6 is 0 Å². The fourth-order valence-corrected chi connectivity index (χ4v) is 1.13. The van der Waals surface area contributed by atoms with E-state index in [0.29, 0.717) is 0 Å². The van der Waals surface area contributed by atoms with Crippen molar-refractivity contribution < 1.29 is 4.55 Å². The van der Waals surface area contributed by atoms with Gasteiger partial charge in [0.1, 0.15) is 5.75 Å². The Balaban J connectivity index is 2.86. The minimum atomic E-state index is -0.777. The van der Waals surface area contributed by atoms with Crippen LogP contribution in [-0.2, 0) is 11.4 Å². The van der Waals surface area contributed by atoms with E-state index >= 15 is 0 Å². The lowest BCUT2D eigenvalue weighted by atomic mass is 10.4. The molecule has 0 saturated heterocycles. The molecule has 0 spiro atoms. The van der Waals surface area contributed by atoms with Gasteiger partial charge in [-0.25, -0.2) is 0 Å². The Labute approximate surface area is 54.0 Å². The summed E-state index contributed by atoms with van der Waals surface area (Å²) in [6, 6.07) is 0. The van der Waals surface area contributed by atoms with E-state index in [4.69, 9.17) is 0 Å². The molecule has 0 aromatic rings. The van der Waals surface area contributed by atoms with Gasteiger partial charge in [0, 0.05) is 18.4 Å². The fraction of sp³-hybridized carbons (Fsp3) is 1.00. The second-order valence-electron chi connectivity index (χ2n) is 1.61. The van der Waals surface area contributed by atoms with Gasteiger partial charge >= 0.3 is 0 Å². The van der Waals surface area contributed by atoms with Crippen LogP contribution in [0.2, 0.25) is 0 Å². The highest BCUT2D eigenvalue weighted by Gasteiger charge is 1.97. The molecule has 3 heteroatoms. The largest absolute Gasteiger partial charge is 0.598 e. The summed E-state index contributed by atoms with van der Waals surface area (Å²) in [7, 11) is 1.71. The second kappa shape index (κ2) is 5.41. The molecule has 0 aromatic heterocycles. The summed E-state index contributed by atoms with van der Waals surface area (Å²) in [5, 5.41) is 0. The normalized spacial score (nSPS) is 13.9. The third kappa shape index (κ3) is 4.43. The molecule has 0 aliphatic carbocycles. The van der Waals surface area contributed by atoms with Crippen molar-refractivity contribution in [1.29, 1.82) is 0 Å². The molecule has 50 valence electrons. The molecule has 8 heavy (non-hydrogen) atoms. The van der Waals surface area contributed by atoms with Gasteiger partial charge in [-0.05, 0) is 6.42 Å². The molecule has 0 saturated carbocycles. The molecular formula is C5H13NOS. The summed E-state index contributed by atoms with van der Waals surface area (Å²) in [5.41, 5.74) is 0. The monoisotopic (exact) mass is 135 g/mol.